The molecule has 0 radical (unpaired) electrons. The lowest BCUT2D eigenvalue weighted by atomic mass is 9.81. The maximum Gasteiger partial charge on any atom is 0.134 e. The van der Waals surface area contributed by atoms with E-state index in [0.717, 1.165) is 26.6 Å². The minimum atomic E-state index is -0.103. The fourth-order valence-corrected chi connectivity index (χ4v) is 8.79. The van der Waals surface area contributed by atoms with Gasteiger partial charge < -0.3 is 0 Å². The second kappa shape index (κ2) is 10.2. The van der Waals surface area contributed by atoms with Gasteiger partial charge in [-0.2, -0.15) is 0 Å². The Kier molecular flexibility index (Phi) is 6.02. The van der Waals surface area contributed by atoms with Gasteiger partial charge in [0.05, 0.1) is 11.0 Å². The third-order valence-electron chi connectivity index (χ3n) is 9.07. The van der Waals surface area contributed by atoms with Gasteiger partial charge in [0.1, 0.15) is 10.1 Å². The van der Waals surface area contributed by atoms with Gasteiger partial charge in [0.2, 0.25) is 0 Å². The number of pyridine rings is 1. The Morgan fingerprint density at radius 1 is 0.489 bits per heavy atom. The van der Waals surface area contributed by atoms with Gasteiger partial charge in [-0.15, -0.1) is 0 Å². The Bertz CT molecular complexity index is 2310. The maximum atomic E-state index is 4.92. The lowest BCUT2D eigenvalue weighted by molar-refractivity contribution is 0.661. The first-order valence-corrected chi connectivity index (χ1v) is 16.7. The van der Waals surface area contributed by atoms with Crippen LogP contribution in [0.5, 0.6) is 0 Å². The fourth-order valence-electron chi connectivity index (χ4n) is 6.67. The van der Waals surface area contributed by atoms with E-state index in [4.69, 9.17) is 9.97 Å². The molecule has 5 heteroatoms. The van der Waals surface area contributed by atoms with Gasteiger partial charge in [-0.1, -0.05) is 104 Å². The van der Waals surface area contributed by atoms with Crippen molar-refractivity contribution in [3.8, 4) is 44.5 Å². The third-order valence-corrected chi connectivity index (χ3v) is 11.4. The molecule has 1 aliphatic heterocycles. The van der Waals surface area contributed by atoms with E-state index < -0.39 is 0 Å². The van der Waals surface area contributed by atoms with Crippen molar-refractivity contribution >= 4 is 34.6 Å². The predicted molar refractivity (Wildman–Crippen MR) is 186 cm³/mol. The monoisotopic (exact) mass is 613 g/mol. The second-order valence-electron chi connectivity index (χ2n) is 12.2. The van der Waals surface area contributed by atoms with Gasteiger partial charge in [-0.25, -0.2) is 9.97 Å². The molecule has 2 aliphatic rings. The minimum absolute atomic E-state index is 0.103. The van der Waals surface area contributed by atoms with E-state index in [0.29, 0.717) is 0 Å². The Labute approximate surface area is 270 Å². The van der Waals surface area contributed by atoms with Gasteiger partial charge in [-0.05, 0) is 104 Å². The zero-order valence-electron chi connectivity index (χ0n) is 24.8. The molecule has 214 valence electrons. The first kappa shape index (κ1) is 26.7. The minimum Gasteiger partial charge on any atom is -0.264 e. The summed E-state index contributed by atoms with van der Waals surface area (Å²) in [6.45, 7) is 4.69. The van der Waals surface area contributed by atoms with Gasteiger partial charge >= 0.3 is 0 Å². The second-order valence-corrected chi connectivity index (χ2v) is 14.2. The van der Waals surface area contributed by atoms with Crippen molar-refractivity contribution in [2.45, 2.75) is 39.1 Å². The maximum absolute atomic E-state index is 4.92. The third kappa shape index (κ3) is 4.41. The van der Waals surface area contributed by atoms with Crippen LogP contribution in [0.2, 0.25) is 0 Å². The van der Waals surface area contributed by atoms with E-state index in [1.54, 1.807) is 23.5 Å². The first-order valence-electron chi connectivity index (χ1n) is 15.1. The topological polar surface area (TPSA) is 38.7 Å². The quantitative estimate of drug-likeness (QED) is 0.198. The van der Waals surface area contributed by atoms with Crippen LogP contribution >= 0.6 is 23.5 Å². The van der Waals surface area contributed by atoms with Crippen molar-refractivity contribution in [2.24, 2.45) is 0 Å². The molecule has 0 saturated heterocycles. The molecule has 45 heavy (non-hydrogen) atoms. The number of fused-ring (bicyclic) bond motifs is 6. The van der Waals surface area contributed by atoms with Gasteiger partial charge in [0, 0.05) is 27.6 Å². The highest BCUT2D eigenvalue weighted by Gasteiger charge is 2.36. The van der Waals surface area contributed by atoms with Crippen molar-refractivity contribution in [3.05, 3.63) is 139 Å². The molecule has 1 aliphatic carbocycles. The van der Waals surface area contributed by atoms with Crippen LogP contribution in [-0.4, -0.2) is 15.0 Å². The number of hydrogen-bond donors (Lipinski definition) is 0. The van der Waals surface area contributed by atoms with Crippen molar-refractivity contribution in [1.82, 2.24) is 15.0 Å². The molecule has 0 unspecified atom stereocenters. The highest BCUT2D eigenvalue weighted by Crippen LogP contribution is 2.51. The fraction of sp³-hybridized carbons (Fsp3) is 0.0750. The van der Waals surface area contributed by atoms with Crippen molar-refractivity contribution in [2.75, 3.05) is 0 Å². The van der Waals surface area contributed by atoms with E-state index in [9.17, 15) is 0 Å². The summed E-state index contributed by atoms with van der Waals surface area (Å²) in [6.07, 6.45) is 3.77. The molecule has 0 N–H and O–H groups in total. The largest absolute Gasteiger partial charge is 0.264 e. The van der Waals surface area contributed by atoms with Crippen molar-refractivity contribution in [3.63, 3.8) is 0 Å². The predicted octanol–water partition coefficient (Wildman–Crippen LogP) is 10.9. The van der Waals surface area contributed by atoms with Crippen LogP contribution in [0.4, 0.5) is 0 Å². The molecule has 0 bridgehead atoms. The molecular formula is C40H27N3S2. The summed E-state index contributed by atoms with van der Waals surface area (Å²) in [5.41, 5.74) is 14.4. The molecule has 0 fully saturated rings. The molecule has 0 amide bonds. The van der Waals surface area contributed by atoms with Crippen LogP contribution in [0, 0.1) is 0 Å². The van der Waals surface area contributed by atoms with Gasteiger partial charge in [0.25, 0.3) is 0 Å². The Morgan fingerprint density at radius 2 is 1.04 bits per heavy atom. The summed E-state index contributed by atoms with van der Waals surface area (Å²) in [7, 11) is 0. The molecule has 9 rings (SSSR count). The number of benzene rings is 5. The van der Waals surface area contributed by atoms with Crippen molar-refractivity contribution in [1.29, 1.82) is 0 Å². The van der Waals surface area contributed by atoms with Gasteiger partial charge in [0.15, 0.2) is 0 Å². The molecule has 2 aromatic heterocycles. The molecule has 0 spiro atoms. The summed E-state index contributed by atoms with van der Waals surface area (Å²) < 4.78 is 0. The van der Waals surface area contributed by atoms with Crippen LogP contribution in [0.1, 0.15) is 25.0 Å². The van der Waals surface area contributed by atoms with E-state index in [1.807, 2.05) is 42.7 Å². The van der Waals surface area contributed by atoms with E-state index in [2.05, 4.69) is 104 Å². The molecule has 3 heterocycles. The van der Waals surface area contributed by atoms with E-state index >= 15 is 0 Å². The molecule has 0 saturated carbocycles. The summed E-state index contributed by atoms with van der Waals surface area (Å²) in [4.78, 5) is 16.6. The van der Waals surface area contributed by atoms with Crippen LogP contribution in [0.25, 0.3) is 55.5 Å². The normalized spacial score (nSPS) is 14.0. The molecule has 5 aromatic carbocycles. The number of hydrogen-bond acceptors (Lipinski definition) is 5. The zero-order valence-corrected chi connectivity index (χ0v) is 26.4. The summed E-state index contributed by atoms with van der Waals surface area (Å²) >= 11 is 3.42. The van der Waals surface area contributed by atoms with Crippen molar-refractivity contribution < 1.29 is 0 Å². The average Bonchev–Trinajstić information content (AvgIpc) is 3.31. The highest BCUT2D eigenvalue weighted by atomic mass is 32.2. The SMILES string of the molecule is CC1(C)c2cc(-c3cccnc3)ccc2-c2ccc(-c3cccc(-c4ccc5c(c4)Sc4nc6ccccc6nc4S5)c3)cc21. The standard InChI is InChI=1S/C40H27N3S2/c1-40(2)32-20-26(12-15-30(32)31-16-13-27(21-33(31)40)29-9-6-18-41-23-29)24-7-5-8-25(19-24)28-14-17-36-37(22-28)45-39-38(44-36)42-34-10-3-4-11-35(34)43-39/h3-23H,1-2H3. The highest BCUT2D eigenvalue weighted by molar-refractivity contribution is 8.05. The smallest absolute Gasteiger partial charge is 0.134 e. The van der Waals surface area contributed by atoms with Crippen LogP contribution in [0.3, 0.4) is 0 Å². The van der Waals surface area contributed by atoms with Gasteiger partial charge in [-0.3, -0.25) is 4.98 Å². The molecular weight excluding hydrogens is 587 g/mol. The molecule has 0 atom stereocenters. The number of para-hydroxylation sites is 2. The summed E-state index contributed by atoms with van der Waals surface area (Å²) in [5, 5.41) is 1.96. The lowest BCUT2D eigenvalue weighted by Gasteiger charge is -2.22. The Hall–Kier alpha value is -4.71. The van der Waals surface area contributed by atoms with E-state index in [1.165, 1.54) is 59.9 Å². The number of rotatable bonds is 3. The lowest BCUT2D eigenvalue weighted by Crippen LogP contribution is -2.15. The summed E-state index contributed by atoms with van der Waals surface area (Å²) in [6, 6.07) is 41.7. The zero-order chi connectivity index (χ0) is 30.1. The van der Waals surface area contributed by atoms with Crippen LogP contribution < -0.4 is 0 Å². The van der Waals surface area contributed by atoms with Crippen LogP contribution in [0.15, 0.2) is 147 Å². The summed E-state index contributed by atoms with van der Waals surface area (Å²) in [5.74, 6) is 0. The molecule has 7 aromatic rings. The van der Waals surface area contributed by atoms with Crippen LogP contribution in [-0.2, 0) is 5.41 Å². The van der Waals surface area contributed by atoms with E-state index in [-0.39, 0.29) is 5.41 Å². The first-order chi connectivity index (χ1) is 22.0. The number of aromatic nitrogens is 3. The average molecular weight is 614 g/mol. The Morgan fingerprint density at radius 3 is 1.69 bits per heavy atom. The Balaban J connectivity index is 1.04. The molecule has 3 nitrogen and oxygen atoms in total. The number of nitrogens with zero attached hydrogens (tertiary/aromatic N) is 3.